The maximum Gasteiger partial charge on any atom is 0.282 e. The Balaban J connectivity index is 2.97. The average Bonchev–Trinajstić information content (AvgIpc) is 2.35. The summed E-state index contributed by atoms with van der Waals surface area (Å²) in [6, 6.07) is -0.399. The summed E-state index contributed by atoms with van der Waals surface area (Å²) < 4.78 is 28.0. The largest absolute Gasteiger partial charge is 0.395 e. The van der Waals surface area contributed by atoms with Gasteiger partial charge in [0, 0.05) is 25.2 Å². The van der Waals surface area contributed by atoms with Crippen LogP contribution in [-0.2, 0) is 10.2 Å². The Bertz CT molecular complexity index is 368. The van der Waals surface area contributed by atoms with Crippen LogP contribution in [0.15, 0.2) is 12.7 Å². The Morgan fingerprint density at radius 1 is 1.50 bits per heavy atom. The molecule has 18 heavy (non-hydrogen) atoms. The van der Waals surface area contributed by atoms with Crippen molar-refractivity contribution < 1.29 is 13.5 Å². The van der Waals surface area contributed by atoms with E-state index in [2.05, 4.69) is 6.58 Å². The fourth-order valence-electron chi connectivity index (χ4n) is 2.29. The maximum absolute atomic E-state index is 12.6. The molecule has 1 fully saturated rings. The molecule has 106 valence electrons. The molecule has 1 aliphatic heterocycles. The van der Waals surface area contributed by atoms with Gasteiger partial charge in [-0.25, -0.2) is 0 Å². The van der Waals surface area contributed by atoms with Crippen molar-refractivity contribution in [2.75, 3.05) is 19.7 Å². The molecule has 0 aromatic heterocycles. The van der Waals surface area contributed by atoms with Crippen molar-refractivity contribution >= 4 is 10.2 Å². The molecule has 6 heteroatoms. The van der Waals surface area contributed by atoms with E-state index in [9.17, 15) is 13.5 Å². The van der Waals surface area contributed by atoms with Gasteiger partial charge in [-0.2, -0.15) is 17.0 Å². The third kappa shape index (κ3) is 3.32. The summed E-state index contributed by atoms with van der Waals surface area (Å²) >= 11 is 0. The second kappa shape index (κ2) is 6.65. The van der Waals surface area contributed by atoms with Crippen molar-refractivity contribution in [3.63, 3.8) is 0 Å². The van der Waals surface area contributed by atoms with Gasteiger partial charge < -0.3 is 5.11 Å². The van der Waals surface area contributed by atoms with Crippen LogP contribution in [0.4, 0.5) is 0 Å². The van der Waals surface area contributed by atoms with E-state index in [0.29, 0.717) is 13.1 Å². The maximum atomic E-state index is 12.6. The zero-order chi connectivity index (χ0) is 13.8. The van der Waals surface area contributed by atoms with Crippen LogP contribution >= 0.6 is 0 Å². The summed E-state index contributed by atoms with van der Waals surface area (Å²) in [5, 5.41) is 9.33. The summed E-state index contributed by atoms with van der Waals surface area (Å²) in [5.41, 5.74) is 0. The van der Waals surface area contributed by atoms with Crippen LogP contribution in [0.1, 0.15) is 33.1 Å². The highest BCUT2D eigenvalue weighted by Gasteiger charge is 2.36. The molecule has 1 aliphatic rings. The first kappa shape index (κ1) is 15.6. The van der Waals surface area contributed by atoms with Gasteiger partial charge in [-0.05, 0) is 26.7 Å². The smallest absolute Gasteiger partial charge is 0.282 e. The van der Waals surface area contributed by atoms with E-state index in [4.69, 9.17) is 0 Å². The van der Waals surface area contributed by atoms with E-state index in [0.717, 1.165) is 19.3 Å². The normalized spacial score (nSPS) is 22.6. The van der Waals surface area contributed by atoms with E-state index in [1.165, 1.54) is 8.61 Å². The summed E-state index contributed by atoms with van der Waals surface area (Å²) in [5.74, 6) is 0. The molecule has 1 saturated heterocycles. The molecule has 0 aromatic carbocycles. The molecule has 5 nitrogen and oxygen atoms in total. The molecule has 0 aromatic rings. The quantitative estimate of drug-likeness (QED) is 0.736. The molecule has 0 radical (unpaired) electrons. The zero-order valence-electron chi connectivity index (χ0n) is 11.2. The van der Waals surface area contributed by atoms with E-state index in [1.54, 1.807) is 6.08 Å². The fourth-order valence-corrected chi connectivity index (χ4v) is 4.30. The van der Waals surface area contributed by atoms with Crippen LogP contribution in [-0.4, -0.2) is 53.9 Å². The van der Waals surface area contributed by atoms with Gasteiger partial charge in [-0.3, -0.25) is 0 Å². The third-order valence-corrected chi connectivity index (χ3v) is 5.50. The minimum atomic E-state index is -3.51. The Kier molecular flexibility index (Phi) is 5.78. The number of hydrogen-bond donors (Lipinski definition) is 1. The summed E-state index contributed by atoms with van der Waals surface area (Å²) in [6.45, 7) is 7.98. The minimum Gasteiger partial charge on any atom is -0.395 e. The zero-order valence-corrected chi connectivity index (χ0v) is 12.1. The third-order valence-electron chi connectivity index (χ3n) is 3.26. The number of piperidine rings is 1. The van der Waals surface area contributed by atoms with Crippen LogP contribution in [0.5, 0.6) is 0 Å². The monoisotopic (exact) mass is 276 g/mol. The summed E-state index contributed by atoms with van der Waals surface area (Å²) in [7, 11) is -3.51. The first-order valence-corrected chi connectivity index (χ1v) is 7.85. The van der Waals surface area contributed by atoms with Gasteiger partial charge in [0.15, 0.2) is 0 Å². The van der Waals surface area contributed by atoms with Gasteiger partial charge in [-0.1, -0.05) is 12.5 Å². The second-order valence-corrected chi connectivity index (χ2v) is 6.74. The Labute approximate surface area is 110 Å². The standard InChI is InChI=1S/C12H24N2O3S/c1-4-8-13(11(2)3)18(16,17)14-9-6-5-7-12(14)10-15/h4,11-12,15H,1,5-10H2,2-3H3. The molecular weight excluding hydrogens is 252 g/mol. The van der Waals surface area contributed by atoms with Gasteiger partial charge in [0.2, 0.25) is 0 Å². The molecule has 0 bridgehead atoms. The van der Waals surface area contributed by atoms with Gasteiger partial charge >= 0.3 is 0 Å². The molecule has 1 N–H and O–H groups in total. The topological polar surface area (TPSA) is 60.9 Å². The number of rotatable bonds is 6. The summed E-state index contributed by atoms with van der Waals surface area (Å²) in [6.07, 6.45) is 4.15. The van der Waals surface area contributed by atoms with Gasteiger partial charge in [-0.15, -0.1) is 6.58 Å². The predicted molar refractivity (Wildman–Crippen MR) is 72.4 cm³/mol. The van der Waals surface area contributed by atoms with Crippen molar-refractivity contribution in [1.29, 1.82) is 0 Å². The van der Waals surface area contributed by atoms with E-state index in [1.807, 2.05) is 13.8 Å². The van der Waals surface area contributed by atoms with Gasteiger partial charge in [0.05, 0.1) is 6.61 Å². The van der Waals surface area contributed by atoms with Crippen molar-refractivity contribution in [3.8, 4) is 0 Å². The Hall–Kier alpha value is -0.430. The SMILES string of the molecule is C=CCN(C(C)C)S(=O)(=O)N1CCCCC1CO. The van der Waals surface area contributed by atoms with Crippen LogP contribution in [0.2, 0.25) is 0 Å². The van der Waals surface area contributed by atoms with Crippen molar-refractivity contribution in [1.82, 2.24) is 8.61 Å². The van der Waals surface area contributed by atoms with Crippen molar-refractivity contribution in [3.05, 3.63) is 12.7 Å². The first-order valence-electron chi connectivity index (χ1n) is 6.45. The summed E-state index contributed by atoms with van der Waals surface area (Å²) in [4.78, 5) is 0. The number of hydrogen-bond acceptors (Lipinski definition) is 3. The van der Waals surface area contributed by atoms with E-state index < -0.39 is 10.2 Å². The Morgan fingerprint density at radius 3 is 2.67 bits per heavy atom. The van der Waals surface area contributed by atoms with Crippen LogP contribution in [0.25, 0.3) is 0 Å². The molecule has 1 rings (SSSR count). The number of aliphatic hydroxyl groups is 1. The molecule has 0 saturated carbocycles. The van der Waals surface area contributed by atoms with Crippen LogP contribution in [0.3, 0.4) is 0 Å². The highest BCUT2D eigenvalue weighted by Crippen LogP contribution is 2.23. The van der Waals surface area contributed by atoms with Crippen molar-refractivity contribution in [2.45, 2.75) is 45.2 Å². The molecule has 1 heterocycles. The van der Waals surface area contributed by atoms with E-state index >= 15 is 0 Å². The van der Waals surface area contributed by atoms with Crippen LogP contribution < -0.4 is 0 Å². The molecule has 1 atom stereocenters. The lowest BCUT2D eigenvalue weighted by molar-refractivity contribution is 0.146. The molecule has 0 amide bonds. The fraction of sp³-hybridized carbons (Fsp3) is 0.833. The molecule has 1 unspecified atom stereocenters. The molecule has 0 aliphatic carbocycles. The van der Waals surface area contributed by atoms with Gasteiger partial charge in [0.1, 0.15) is 0 Å². The van der Waals surface area contributed by atoms with E-state index in [-0.39, 0.29) is 18.7 Å². The highest BCUT2D eigenvalue weighted by molar-refractivity contribution is 7.86. The molecular formula is C12H24N2O3S. The Morgan fingerprint density at radius 2 is 2.17 bits per heavy atom. The lowest BCUT2D eigenvalue weighted by Crippen LogP contribution is -2.53. The second-order valence-electron chi connectivity index (χ2n) is 4.90. The number of nitrogens with zero attached hydrogens (tertiary/aromatic N) is 2. The highest BCUT2D eigenvalue weighted by atomic mass is 32.2. The van der Waals surface area contributed by atoms with Crippen LogP contribution in [0, 0.1) is 0 Å². The first-order chi connectivity index (χ1) is 8.45. The lowest BCUT2D eigenvalue weighted by atomic mass is 10.1. The van der Waals surface area contributed by atoms with Crippen molar-refractivity contribution in [2.24, 2.45) is 0 Å². The minimum absolute atomic E-state index is 0.112. The average molecular weight is 276 g/mol. The number of aliphatic hydroxyl groups excluding tert-OH is 1. The molecule has 0 spiro atoms. The predicted octanol–water partition coefficient (Wildman–Crippen LogP) is 0.974. The van der Waals surface area contributed by atoms with Gasteiger partial charge in [0.25, 0.3) is 10.2 Å². The lowest BCUT2D eigenvalue weighted by Gasteiger charge is -2.38.